The maximum absolute atomic E-state index is 11.4. The van der Waals surface area contributed by atoms with E-state index < -0.39 is 11.7 Å². The van der Waals surface area contributed by atoms with Gasteiger partial charge in [-0.25, -0.2) is 0 Å². The molecule has 1 aromatic carbocycles. The SMILES string of the molecule is NC(=O)CC(=O)c1ccccc1C=O. The van der Waals surface area contributed by atoms with Crippen LogP contribution < -0.4 is 5.73 Å². The van der Waals surface area contributed by atoms with E-state index in [0.717, 1.165) is 0 Å². The second-order valence-electron chi connectivity index (χ2n) is 2.77. The van der Waals surface area contributed by atoms with Crippen LogP contribution in [0.15, 0.2) is 24.3 Å². The van der Waals surface area contributed by atoms with Gasteiger partial charge in [-0.2, -0.15) is 0 Å². The third-order valence-corrected chi connectivity index (χ3v) is 1.72. The van der Waals surface area contributed by atoms with Crippen LogP contribution in [0, 0.1) is 0 Å². The van der Waals surface area contributed by atoms with E-state index in [9.17, 15) is 14.4 Å². The molecule has 0 saturated heterocycles. The molecular weight excluding hydrogens is 182 g/mol. The van der Waals surface area contributed by atoms with Gasteiger partial charge in [-0.15, -0.1) is 0 Å². The Balaban J connectivity index is 2.99. The van der Waals surface area contributed by atoms with E-state index in [1.54, 1.807) is 12.1 Å². The van der Waals surface area contributed by atoms with E-state index in [-0.39, 0.29) is 17.5 Å². The number of rotatable bonds is 4. The highest BCUT2D eigenvalue weighted by molar-refractivity contribution is 6.10. The van der Waals surface area contributed by atoms with Crippen LogP contribution in [0.2, 0.25) is 0 Å². The van der Waals surface area contributed by atoms with Crippen LogP contribution >= 0.6 is 0 Å². The summed E-state index contributed by atoms with van der Waals surface area (Å²) in [6, 6.07) is 6.28. The maximum Gasteiger partial charge on any atom is 0.225 e. The molecule has 0 aliphatic rings. The highest BCUT2D eigenvalue weighted by Gasteiger charge is 2.12. The van der Waals surface area contributed by atoms with Crippen molar-refractivity contribution in [2.24, 2.45) is 5.73 Å². The lowest BCUT2D eigenvalue weighted by Gasteiger charge is -2.00. The molecule has 0 aliphatic carbocycles. The van der Waals surface area contributed by atoms with Crippen molar-refractivity contribution >= 4 is 18.0 Å². The largest absolute Gasteiger partial charge is 0.369 e. The summed E-state index contributed by atoms with van der Waals surface area (Å²) in [5.74, 6) is -1.13. The molecule has 0 saturated carbocycles. The van der Waals surface area contributed by atoms with E-state index in [2.05, 4.69) is 0 Å². The summed E-state index contributed by atoms with van der Waals surface area (Å²) in [4.78, 5) is 32.4. The summed E-state index contributed by atoms with van der Waals surface area (Å²) < 4.78 is 0. The van der Waals surface area contributed by atoms with Crippen molar-refractivity contribution < 1.29 is 14.4 Å². The summed E-state index contributed by atoms with van der Waals surface area (Å²) >= 11 is 0. The predicted octanol–water partition coefficient (Wildman–Crippen LogP) is 0.557. The molecule has 0 fully saturated rings. The first kappa shape index (κ1) is 10.1. The summed E-state index contributed by atoms with van der Waals surface area (Å²) in [5.41, 5.74) is 5.39. The zero-order chi connectivity index (χ0) is 10.6. The van der Waals surface area contributed by atoms with Crippen LogP contribution in [0.5, 0.6) is 0 Å². The van der Waals surface area contributed by atoms with Gasteiger partial charge < -0.3 is 5.73 Å². The number of carbonyl (C=O) groups is 3. The standard InChI is InChI=1S/C10H9NO3/c11-10(14)5-9(13)8-4-2-1-3-7(8)6-12/h1-4,6H,5H2,(H2,11,14). The van der Waals surface area contributed by atoms with Gasteiger partial charge in [0.2, 0.25) is 5.91 Å². The van der Waals surface area contributed by atoms with Gasteiger partial charge in [-0.1, -0.05) is 24.3 Å². The minimum atomic E-state index is -0.698. The molecule has 0 radical (unpaired) electrons. The van der Waals surface area contributed by atoms with Gasteiger partial charge >= 0.3 is 0 Å². The summed E-state index contributed by atoms with van der Waals surface area (Å²) in [5, 5.41) is 0. The Morgan fingerprint density at radius 1 is 1.29 bits per heavy atom. The van der Waals surface area contributed by atoms with E-state index in [0.29, 0.717) is 6.29 Å². The van der Waals surface area contributed by atoms with Gasteiger partial charge in [0.05, 0.1) is 6.42 Å². The molecule has 1 amide bonds. The van der Waals surface area contributed by atoms with Crippen LogP contribution in [0.25, 0.3) is 0 Å². The maximum atomic E-state index is 11.4. The molecule has 4 heteroatoms. The number of nitrogens with two attached hydrogens (primary N) is 1. The lowest BCUT2D eigenvalue weighted by Crippen LogP contribution is -2.17. The van der Waals surface area contributed by atoms with E-state index in [4.69, 9.17) is 5.73 Å². The van der Waals surface area contributed by atoms with Crippen LogP contribution in [0.4, 0.5) is 0 Å². The summed E-state index contributed by atoms with van der Waals surface area (Å²) in [6.45, 7) is 0. The fourth-order valence-electron chi connectivity index (χ4n) is 1.11. The summed E-state index contributed by atoms with van der Waals surface area (Å²) in [6.07, 6.45) is 0.207. The average Bonchev–Trinajstić information content (AvgIpc) is 2.16. The molecule has 0 spiro atoms. The monoisotopic (exact) mass is 191 g/mol. The highest BCUT2D eigenvalue weighted by Crippen LogP contribution is 2.08. The van der Waals surface area contributed by atoms with E-state index >= 15 is 0 Å². The van der Waals surface area contributed by atoms with Crippen LogP contribution in [-0.2, 0) is 4.79 Å². The van der Waals surface area contributed by atoms with Crippen molar-refractivity contribution in [1.29, 1.82) is 0 Å². The number of aldehydes is 1. The smallest absolute Gasteiger partial charge is 0.225 e. The number of benzene rings is 1. The van der Waals surface area contributed by atoms with Crippen molar-refractivity contribution in [3.8, 4) is 0 Å². The molecule has 1 rings (SSSR count). The van der Waals surface area contributed by atoms with Crippen molar-refractivity contribution in [3.63, 3.8) is 0 Å². The Bertz CT molecular complexity index is 385. The Morgan fingerprint density at radius 3 is 2.50 bits per heavy atom. The number of ketones is 1. The Morgan fingerprint density at radius 2 is 1.93 bits per heavy atom. The first-order valence-corrected chi connectivity index (χ1v) is 4.01. The Kier molecular flexibility index (Phi) is 3.12. The molecule has 0 aromatic heterocycles. The number of amides is 1. The van der Waals surface area contributed by atoms with Crippen molar-refractivity contribution in [1.82, 2.24) is 0 Å². The quantitative estimate of drug-likeness (QED) is 0.429. The first-order chi connectivity index (χ1) is 6.65. The molecule has 0 atom stereocenters. The van der Waals surface area contributed by atoms with Crippen molar-refractivity contribution in [2.45, 2.75) is 6.42 Å². The second-order valence-corrected chi connectivity index (χ2v) is 2.77. The summed E-state index contributed by atoms with van der Waals surface area (Å²) in [7, 11) is 0. The lowest BCUT2D eigenvalue weighted by atomic mass is 10.0. The average molecular weight is 191 g/mol. The molecule has 0 heterocycles. The third kappa shape index (κ3) is 2.26. The van der Waals surface area contributed by atoms with Gasteiger partial charge in [0, 0.05) is 11.1 Å². The molecule has 14 heavy (non-hydrogen) atoms. The van der Waals surface area contributed by atoms with Gasteiger partial charge in [-0.05, 0) is 0 Å². The number of Topliss-reactive ketones (excluding diaryl/α,β-unsaturated/α-hetero) is 1. The lowest BCUT2D eigenvalue weighted by molar-refractivity contribution is -0.117. The van der Waals surface area contributed by atoms with Crippen LogP contribution in [-0.4, -0.2) is 18.0 Å². The normalized spacial score (nSPS) is 9.43. The third-order valence-electron chi connectivity index (χ3n) is 1.72. The van der Waals surface area contributed by atoms with Gasteiger partial charge in [-0.3, -0.25) is 14.4 Å². The molecule has 0 bridgehead atoms. The van der Waals surface area contributed by atoms with Crippen molar-refractivity contribution in [2.75, 3.05) is 0 Å². The molecule has 72 valence electrons. The van der Waals surface area contributed by atoms with Crippen LogP contribution in [0.3, 0.4) is 0 Å². The van der Waals surface area contributed by atoms with E-state index in [1.165, 1.54) is 12.1 Å². The molecule has 0 aliphatic heterocycles. The van der Waals surface area contributed by atoms with Gasteiger partial charge in [0.1, 0.15) is 0 Å². The molecule has 0 unspecified atom stereocenters. The van der Waals surface area contributed by atoms with E-state index in [1.807, 2.05) is 0 Å². The number of hydrogen-bond acceptors (Lipinski definition) is 3. The Labute approximate surface area is 80.7 Å². The topological polar surface area (TPSA) is 77.2 Å². The predicted molar refractivity (Wildman–Crippen MR) is 50.0 cm³/mol. The Hall–Kier alpha value is -1.97. The zero-order valence-corrected chi connectivity index (χ0v) is 7.40. The number of hydrogen-bond donors (Lipinski definition) is 1. The molecule has 4 nitrogen and oxygen atoms in total. The van der Waals surface area contributed by atoms with Gasteiger partial charge in [0.15, 0.2) is 12.1 Å². The number of carbonyl (C=O) groups excluding carboxylic acids is 3. The molecular formula is C10H9NO3. The number of primary amides is 1. The van der Waals surface area contributed by atoms with Crippen molar-refractivity contribution in [3.05, 3.63) is 35.4 Å². The minimum absolute atomic E-state index is 0.237. The highest BCUT2D eigenvalue weighted by atomic mass is 16.2. The molecule has 2 N–H and O–H groups in total. The minimum Gasteiger partial charge on any atom is -0.369 e. The molecule has 1 aromatic rings. The van der Waals surface area contributed by atoms with Crippen LogP contribution in [0.1, 0.15) is 27.1 Å². The fraction of sp³-hybridized carbons (Fsp3) is 0.100. The van der Waals surface area contributed by atoms with Gasteiger partial charge in [0.25, 0.3) is 0 Å². The fourth-order valence-corrected chi connectivity index (χ4v) is 1.11. The first-order valence-electron chi connectivity index (χ1n) is 4.01. The zero-order valence-electron chi connectivity index (χ0n) is 7.40. The second kappa shape index (κ2) is 4.32.